The minimum atomic E-state index is -0.520. The van der Waals surface area contributed by atoms with Gasteiger partial charge in [0, 0.05) is 42.6 Å². The summed E-state index contributed by atoms with van der Waals surface area (Å²) in [6.45, 7) is 4.90. The Balaban J connectivity index is 1.99. The molecule has 0 saturated heterocycles. The first-order valence-electron chi connectivity index (χ1n) is 9.79. The van der Waals surface area contributed by atoms with Crippen LogP contribution in [0.15, 0.2) is 48.2 Å². The second-order valence-corrected chi connectivity index (χ2v) is 7.39. The number of carbonyl (C=O) groups is 2. The third-order valence-corrected chi connectivity index (χ3v) is 5.10. The van der Waals surface area contributed by atoms with E-state index >= 15 is 0 Å². The van der Waals surface area contributed by atoms with Gasteiger partial charge in [-0.2, -0.15) is 0 Å². The largest absolute Gasteiger partial charge is 0.382 e. The molecule has 0 spiro atoms. The van der Waals surface area contributed by atoms with Gasteiger partial charge in [-0.05, 0) is 55.7 Å². The van der Waals surface area contributed by atoms with Gasteiger partial charge in [0.15, 0.2) is 0 Å². The summed E-state index contributed by atoms with van der Waals surface area (Å²) in [5, 5.41) is 14.5. The van der Waals surface area contributed by atoms with Crippen molar-refractivity contribution in [2.75, 3.05) is 25.1 Å². The molecule has 1 N–H and O–H groups in total. The average Bonchev–Trinajstić information content (AvgIpc) is 2.97. The minimum Gasteiger partial charge on any atom is -0.382 e. The van der Waals surface area contributed by atoms with Crippen molar-refractivity contribution in [3.8, 4) is 0 Å². The molecule has 3 rings (SSSR count). The van der Waals surface area contributed by atoms with E-state index in [1.165, 1.54) is 24.3 Å². The lowest BCUT2D eigenvalue weighted by atomic mass is 10.0. The van der Waals surface area contributed by atoms with Crippen molar-refractivity contribution in [3.05, 3.63) is 74.4 Å². The quantitative estimate of drug-likeness (QED) is 0.270. The summed E-state index contributed by atoms with van der Waals surface area (Å²) in [5.74, 6) is -0.924. The van der Waals surface area contributed by atoms with Crippen molar-refractivity contribution >= 4 is 40.4 Å². The maximum atomic E-state index is 13.2. The highest BCUT2D eigenvalue weighted by atomic mass is 35.5. The summed E-state index contributed by atoms with van der Waals surface area (Å²) in [6, 6.07) is 10.8. The molecule has 2 amide bonds. The topological polar surface area (TPSA) is 102 Å². The number of nitro benzene ring substituents is 1. The van der Waals surface area contributed by atoms with Gasteiger partial charge in [-0.15, -0.1) is 0 Å². The Morgan fingerprint density at radius 2 is 1.84 bits per heavy atom. The van der Waals surface area contributed by atoms with E-state index in [9.17, 15) is 19.7 Å². The summed E-state index contributed by atoms with van der Waals surface area (Å²) in [7, 11) is 0. The number of nitro groups is 1. The molecular formula is C22H22ClN3O5. The van der Waals surface area contributed by atoms with Crippen LogP contribution in [0.3, 0.4) is 0 Å². The fourth-order valence-electron chi connectivity index (χ4n) is 3.25. The van der Waals surface area contributed by atoms with Gasteiger partial charge in [0.1, 0.15) is 5.70 Å². The average molecular weight is 444 g/mol. The standard InChI is InChI=1S/C22H22ClN3O5/c1-3-31-12-4-11-25-21(27)19(15-6-9-17(10-7-15)26(29)30)20(22(25)28)24-18-13-16(23)8-5-14(18)2/h5-10,13,24H,3-4,11-12H2,1-2H3. The number of nitrogens with one attached hydrogen (secondary N) is 1. The van der Waals surface area contributed by atoms with Crippen LogP contribution in [0.2, 0.25) is 5.02 Å². The van der Waals surface area contributed by atoms with Crippen LogP contribution in [0.25, 0.3) is 5.57 Å². The van der Waals surface area contributed by atoms with E-state index in [1.807, 2.05) is 13.8 Å². The van der Waals surface area contributed by atoms with E-state index in [1.54, 1.807) is 18.2 Å². The van der Waals surface area contributed by atoms with Gasteiger partial charge in [-0.1, -0.05) is 17.7 Å². The molecule has 0 saturated carbocycles. The molecule has 1 aliphatic rings. The van der Waals surface area contributed by atoms with Crippen LogP contribution in [-0.4, -0.2) is 41.4 Å². The van der Waals surface area contributed by atoms with Crippen molar-refractivity contribution in [1.29, 1.82) is 0 Å². The monoisotopic (exact) mass is 443 g/mol. The molecule has 1 heterocycles. The lowest BCUT2D eigenvalue weighted by Gasteiger charge is -2.15. The van der Waals surface area contributed by atoms with Gasteiger partial charge in [-0.3, -0.25) is 24.6 Å². The molecule has 162 valence electrons. The van der Waals surface area contributed by atoms with Gasteiger partial charge >= 0.3 is 0 Å². The van der Waals surface area contributed by atoms with Crippen molar-refractivity contribution in [2.45, 2.75) is 20.3 Å². The fraction of sp³-hybridized carbons (Fsp3) is 0.273. The lowest BCUT2D eigenvalue weighted by Crippen LogP contribution is -2.34. The minimum absolute atomic E-state index is 0.102. The molecule has 2 aromatic rings. The first-order chi connectivity index (χ1) is 14.8. The number of ether oxygens (including phenoxy) is 1. The molecular weight excluding hydrogens is 422 g/mol. The Bertz CT molecular complexity index is 1050. The van der Waals surface area contributed by atoms with Crippen LogP contribution in [0.1, 0.15) is 24.5 Å². The van der Waals surface area contributed by atoms with Crippen LogP contribution in [-0.2, 0) is 14.3 Å². The van der Waals surface area contributed by atoms with Crippen LogP contribution in [0, 0.1) is 17.0 Å². The summed E-state index contributed by atoms with van der Waals surface area (Å²) < 4.78 is 5.31. The second kappa shape index (κ2) is 9.72. The predicted molar refractivity (Wildman–Crippen MR) is 118 cm³/mol. The predicted octanol–water partition coefficient (Wildman–Crippen LogP) is 4.18. The fourth-order valence-corrected chi connectivity index (χ4v) is 3.42. The summed E-state index contributed by atoms with van der Waals surface area (Å²) >= 11 is 6.10. The molecule has 0 bridgehead atoms. The third-order valence-electron chi connectivity index (χ3n) is 4.87. The number of anilines is 1. The van der Waals surface area contributed by atoms with Crippen molar-refractivity contribution in [2.24, 2.45) is 0 Å². The number of hydrogen-bond acceptors (Lipinski definition) is 6. The molecule has 9 heteroatoms. The first kappa shape index (κ1) is 22.5. The SMILES string of the molecule is CCOCCCN1C(=O)C(Nc2cc(Cl)ccc2C)=C(c2ccc([N+](=O)[O-])cc2)C1=O. The summed E-state index contributed by atoms with van der Waals surface area (Å²) in [4.78, 5) is 37.9. The zero-order chi connectivity index (χ0) is 22.5. The molecule has 0 aliphatic carbocycles. The normalized spacial score (nSPS) is 13.8. The Hall–Kier alpha value is -3.23. The molecule has 0 radical (unpaired) electrons. The molecule has 2 aromatic carbocycles. The second-order valence-electron chi connectivity index (χ2n) is 6.95. The summed E-state index contributed by atoms with van der Waals surface area (Å²) in [5.41, 5.74) is 2.03. The van der Waals surface area contributed by atoms with Crippen molar-refractivity contribution in [1.82, 2.24) is 4.90 Å². The Morgan fingerprint density at radius 3 is 2.48 bits per heavy atom. The van der Waals surface area contributed by atoms with E-state index in [4.69, 9.17) is 16.3 Å². The third kappa shape index (κ3) is 4.92. The highest BCUT2D eigenvalue weighted by Gasteiger charge is 2.39. The smallest absolute Gasteiger partial charge is 0.278 e. The molecule has 8 nitrogen and oxygen atoms in total. The number of aryl methyl sites for hydroxylation is 1. The number of halogens is 1. The van der Waals surface area contributed by atoms with E-state index in [2.05, 4.69) is 5.32 Å². The number of hydrogen-bond donors (Lipinski definition) is 1. The van der Waals surface area contributed by atoms with Gasteiger partial charge in [0.25, 0.3) is 17.5 Å². The molecule has 31 heavy (non-hydrogen) atoms. The number of amides is 2. The Labute approximate surface area is 184 Å². The molecule has 0 aromatic heterocycles. The van der Waals surface area contributed by atoms with E-state index in [-0.39, 0.29) is 23.5 Å². The molecule has 0 unspecified atom stereocenters. The summed E-state index contributed by atoms with van der Waals surface area (Å²) in [6.07, 6.45) is 0.502. The van der Waals surface area contributed by atoms with Gasteiger partial charge in [-0.25, -0.2) is 0 Å². The zero-order valence-electron chi connectivity index (χ0n) is 17.2. The van der Waals surface area contributed by atoms with E-state index in [0.29, 0.717) is 35.9 Å². The van der Waals surface area contributed by atoms with Crippen molar-refractivity contribution < 1.29 is 19.2 Å². The maximum absolute atomic E-state index is 13.2. The van der Waals surface area contributed by atoms with Crippen LogP contribution in [0.4, 0.5) is 11.4 Å². The lowest BCUT2D eigenvalue weighted by molar-refractivity contribution is -0.384. The number of nitrogens with zero attached hydrogens (tertiary/aromatic N) is 2. The van der Waals surface area contributed by atoms with Gasteiger partial charge in [0.2, 0.25) is 0 Å². The van der Waals surface area contributed by atoms with Gasteiger partial charge < -0.3 is 10.1 Å². The van der Waals surface area contributed by atoms with E-state index < -0.39 is 16.7 Å². The number of imide groups is 1. The highest BCUT2D eigenvalue weighted by Crippen LogP contribution is 2.32. The van der Waals surface area contributed by atoms with Crippen LogP contribution >= 0.6 is 11.6 Å². The van der Waals surface area contributed by atoms with Crippen LogP contribution in [0.5, 0.6) is 0 Å². The first-order valence-corrected chi connectivity index (χ1v) is 10.2. The Morgan fingerprint density at radius 1 is 1.13 bits per heavy atom. The number of carbonyl (C=O) groups excluding carboxylic acids is 2. The number of non-ortho nitro benzene ring substituents is 1. The Kier molecular flexibility index (Phi) is 7.04. The number of benzene rings is 2. The molecule has 1 aliphatic heterocycles. The number of rotatable bonds is 9. The maximum Gasteiger partial charge on any atom is 0.278 e. The van der Waals surface area contributed by atoms with E-state index in [0.717, 1.165) is 10.5 Å². The zero-order valence-corrected chi connectivity index (χ0v) is 17.9. The van der Waals surface area contributed by atoms with Crippen LogP contribution < -0.4 is 5.32 Å². The molecule has 0 fully saturated rings. The van der Waals surface area contributed by atoms with Gasteiger partial charge in [0.05, 0.1) is 10.5 Å². The van der Waals surface area contributed by atoms with Crippen molar-refractivity contribution in [3.63, 3.8) is 0 Å². The highest BCUT2D eigenvalue weighted by molar-refractivity contribution is 6.36. The molecule has 0 atom stereocenters.